The van der Waals surface area contributed by atoms with E-state index in [1.165, 1.54) is 6.26 Å². The normalized spacial score (nSPS) is 20.2. The van der Waals surface area contributed by atoms with Gasteiger partial charge < -0.3 is 14.5 Å². The second-order valence-corrected chi connectivity index (χ2v) is 11.0. The molecule has 194 valence electrons. The quantitative estimate of drug-likeness (QED) is 0.0818. The first-order chi connectivity index (χ1) is 16.3. The molecule has 1 aromatic rings. The molecule has 3 heterocycles. The number of rotatable bonds is 10. The second-order valence-electron chi connectivity index (χ2n) is 6.77. The zero-order valence-corrected chi connectivity index (χ0v) is 26.5. The molecule has 2 aliphatic rings. The van der Waals surface area contributed by atoms with Gasteiger partial charge >= 0.3 is 71.2 Å². The maximum absolute atomic E-state index is 13.0. The first-order valence-electron chi connectivity index (χ1n) is 9.20. The summed E-state index contributed by atoms with van der Waals surface area (Å²) in [5, 5.41) is 23.0. The number of nitrogens with one attached hydrogen (secondary N) is 2. The van der Waals surface area contributed by atoms with Crippen molar-refractivity contribution in [2.24, 2.45) is 0 Å². The number of carbonyl (C=O) groups excluding carboxylic acids is 3. The molecular weight excluding hydrogens is 609 g/mol. The Balaban J connectivity index is 0.00000342. The van der Waals surface area contributed by atoms with Crippen LogP contribution in [0.1, 0.15) is 6.42 Å². The number of carboxylic acid groups (broad SMARTS) is 1. The molecule has 1 saturated heterocycles. The molecule has 2 amide bonds. The van der Waals surface area contributed by atoms with Crippen LogP contribution in [0.4, 0.5) is 13.2 Å². The van der Waals surface area contributed by atoms with Gasteiger partial charge in [0, 0.05) is 23.8 Å². The van der Waals surface area contributed by atoms with E-state index in [-0.39, 0.29) is 86.3 Å². The fraction of sp³-hybridized carbons (Fsp3) is 0.571. The van der Waals surface area contributed by atoms with Crippen LogP contribution in [0, 0.1) is 0 Å². The molecule has 0 bridgehead atoms. The van der Waals surface area contributed by atoms with Crippen molar-refractivity contribution < 1.29 is 105 Å². The summed E-state index contributed by atoms with van der Waals surface area (Å²) in [7, 11) is -4.80. The minimum absolute atomic E-state index is 0. The predicted octanol–water partition coefficient (Wildman–Crippen LogP) is -7.94. The van der Waals surface area contributed by atoms with Gasteiger partial charge in [0.05, 0.1) is 11.7 Å². The first-order valence-corrected chi connectivity index (χ1v) is 13.7. The maximum atomic E-state index is 13.0. The number of thioether (sulfide) groups is 2. The van der Waals surface area contributed by atoms with Crippen molar-refractivity contribution in [1.82, 2.24) is 34.6 Å². The van der Waals surface area contributed by atoms with Crippen LogP contribution < -0.4 is 68.9 Å². The number of carboxylic acids is 1. The van der Waals surface area contributed by atoms with Crippen molar-refractivity contribution in [3.63, 3.8) is 0 Å². The third-order valence-corrected chi connectivity index (χ3v) is 8.52. The van der Waals surface area contributed by atoms with Crippen LogP contribution in [0.15, 0.2) is 16.4 Å². The van der Waals surface area contributed by atoms with Crippen molar-refractivity contribution in [3.8, 4) is 0 Å². The number of tetrazole rings is 1. The van der Waals surface area contributed by atoms with Crippen molar-refractivity contribution in [2.45, 2.75) is 34.4 Å². The van der Waals surface area contributed by atoms with Gasteiger partial charge in [0.2, 0.25) is 5.16 Å². The standard InChI is InChI=1S/C14H16F3N7O7S4.2Na/c1-32-24(12(28)14(15,16)17)8-9(25)23-7(11(26)27)5(4-33-10(8)23)6(2-3-18-35(29,30)31)34-13-19-21-22-20-13;;/h6,8,10,18H,2-4H2,1H3,(H,26,27)(H,29,30,31)(H,19,20,21,22);;/q;2*+1/p-2/t6?,8?,10-;;/m0../s1. The van der Waals surface area contributed by atoms with E-state index in [0.717, 1.165) is 28.4 Å². The number of hydrogen-bond donors (Lipinski definition) is 2. The Hall–Kier alpha value is -0.0700. The summed E-state index contributed by atoms with van der Waals surface area (Å²) in [6.07, 6.45) is -4.22. The van der Waals surface area contributed by atoms with Crippen molar-refractivity contribution in [1.29, 1.82) is 0 Å². The van der Waals surface area contributed by atoms with Crippen LogP contribution in [-0.4, -0.2) is 102 Å². The number of halogens is 3. The minimum Gasteiger partial charge on any atom is -0.735 e. The number of fused-ring (bicyclic) bond motifs is 1. The third-order valence-electron chi connectivity index (χ3n) is 4.70. The number of aromatic amines is 1. The topological polar surface area (TPSA) is 204 Å². The summed E-state index contributed by atoms with van der Waals surface area (Å²) < 4.78 is 73.5. The van der Waals surface area contributed by atoms with E-state index in [9.17, 15) is 45.6 Å². The van der Waals surface area contributed by atoms with Crippen LogP contribution in [0.25, 0.3) is 0 Å². The van der Waals surface area contributed by atoms with E-state index < -0.39 is 63.2 Å². The van der Waals surface area contributed by atoms with Gasteiger partial charge in [0.25, 0.3) is 5.91 Å². The van der Waals surface area contributed by atoms with E-state index >= 15 is 0 Å². The SMILES string of the molecule is CSN(C(=O)C(F)(F)F)C1C(=O)N2C(C(=O)[O-])=C(C(CCNS(=O)(=O)[O-])Sc3nn[nH]n3)CS[C@@H]12.[Na+].[Na+]. The maximum Gasteiger partial charge on any atom is 1.00 e. The van der Waals surface area contributed by atoms with Crippen LogP contribution >= 0.6 is 35.5 Å². The van der Waals surface area contributed by atoms with Gasteiger partial charge in [-0.3, -0.25) is 18.8 Å². The molecule has 14 nitrogen and oxygen atoms in total. The molecule has 0 saturated carbocycles. The van der Waals surface area contributed by atoms with E-state index in [1.54, 1.807) is 4.72 Å². The Bertz CT molecular complexity index is 1140. The van der Waals surface area contributed by atoms with Crippen LogP contribution in [-0.2, 0) is 24.7 Å². The summed E-state index contributed by atoms with van der Waals surface area (Å²) in [5.74, 6) is -5.26. The number of hydrogen-bond acceptors (Lipinski definition) is 13. The van der Waals surface area contributed by atoms with E-state index in [4.69, 9.17) is 0 Å². The molecule has 0 aliphatic carbocycles. The van der Waals surface area contributed by atoms with Gasteiger partial charge in [-0.25, -0.2) is 13.1 Å². The van der Waals surface area contributed by atoms with Crippen molar-refractivity contribution in [3.05, 3.63) is 11.3 Å². The average Bonchev–Trinajstić information content (AvgIpc) is 3.26. The molecule has 0 aromatic carbocycles. The summed E-state index contributed by atoms with van der Waals surface area (Å²) in [6.45, 7) is -0.407. The fourth-order valence-electron chi connectivity index (χ4n) is 3.34. The first kappa shape index (κ1) is 35.0. The molecule has 3 rings (SSSR count). The molecular formula is C14H14F3N7Na2O7S4. The summed E-state index contributed by atoms with van der Waals surface area (Å²) in [5.41, 5.74) is -0.558. The zero-order valence-electron chi connectivity index (χ0n) is 19.2. The third kappa shape index (κ3) is 8.22. The molecule has 0 radical (unpaired) electrons. The van der Waals surface area contributed by atoms with Gasteiger partial charge in [-0.05, 0) is 29.2 Å². The van der Waals surface area contributed by atoms with E-state index in [2.05, 4.69) is 20.6 Å². The monoisotopic (exact) mass is 623 g/mol. The van der Waals surface area contributed by atoms with Crippen LogP contribution in [0.2, 0.25) is 0 Å². The van der Waals surface area contributed by atoms with E-state index in [1.807, 2.05) is 0 Å². The molecule has 1 aromatic heterocycles. The van der Waals surface area contributed by atoms with Gasteiger partial charge in [0.15, 0.2) is 16.3 Å². The Morgan fingerprint density at radius 1 is 1.38 bits per heavy atom. The predicted molar refractivity (Wildman–Crippen MR) is 111 cm³/mol. The van der Waals surface area contributed by atoms with Gasteiger partial charge in [-0.2, -0.15) is 18.4 Å². The van der Waals surface area contributed by atoms with Crippen molar-refractivity contribution in [2.75, 3.05) is 18.6 Å². The molecule has 23 heteroatoms. The van der Waals surface area contributed by atoms with E-state index in [0.29, 0.717) is 11.9 Å². The molecule has 1 fully saturated rings. The number of amides is 2. The van der Waals surface area contributed by atoms with Gasteiger partial charge in [-0.1, -0.05) is 11.8 Å². The summed E-state index contributed by atoms with van der Waals surface area (Å²) in [4.78, 5) is 37.3. The summed E-state index contributed by atoms with van der Waals surface area (Å²) >= 11 is 2.14. The van der Waals surface area contributed by atoms with Gasteiger partial charge in [-0.15, -0.1) is 22.0 Å². The average molecular weight is 624 g/mol. The Morgan fingerprint density at radius 3 is 2.51 bits per heavy atom. The number of H-pyrrole nitrogens is 1. The number of nitrogens with zero attached hydrogens (tertiary/aromatic N) is 5. The smallest absolute Gasteiger partial charge is 0.735 e. The number of aromatic nitrogens is 4. The number of aliphatic carboxylic acids is 1. The summed E-state index contributed by atoms with van der Waals surface area (Å²) in [6, 6.07) is -1.57. The fourth-order valence-corrected chi connectivity index (χ4v) is 7.07. The molecule has 2 N–H and O–H groups in total. The van der Waals surface area contributed by atoms with Crippen molar-refractivity contribution >= 4 is 63.6 Å². The molecule has 3 atom stereocenters. The van der Waals surface area contributed by atoms with Crippen LogP contribution in [0.3, 0.4) is 0 Å². The molecule has 2 unspecified atom stereocenters. The molecule has 2 aliphatic heterocycles. The molecule has 37 heavy (non-hydrogen) atoms. The largest absolute Gasteiger partial charge is 1.00 e. The number of carbonyl (C=O) groups is 3. The molecule has 0 spiro atoms. The van der Waals surface area contributed by atoms with Crippen LogP contribution in [0.5, 0.6) is 0 Å². The Kier molecular flexibility index (Phi) is 13.2. The minimum atomic E-state index is -5.25. The van der Waals surface area contributed by atoms with Gasteiger partial charge in [0.1, 0.15) is 5.37 Å². The number of alkyl halides is 3. The Morgan fingerprint density at radius 2 is 2.03 bits per heavy atom. The number of β-lactam (4-membered cyclic amide) rings is 1. The Labute approximate surface area is 264 Å². The second kappa shape index (κ2) is 14.0. The zero-order chi connectivity index (χ0) is 26.1.